The van der Waals surface area contributed by atoms with E-state index in [9.17, 15) is 9.90 Å². The van der Waals surface area contributed by atoms with Gasteiger partial charge in [0.15, 0.2) is 0 Å². The van der Waals surface area contributed by atoms with E-state index in [-0.39, 0.29) is 0 Å². The van der Waals surface area contributed by atoms with Crippen LogP contribution in [0.2, 0.25) is 0 Å². The first-order valence-corrected chi connectivity index (χ1v) is 8.43. The summed E-state index contributed by atoms with van der Waals surface area (Å²) < 4.78 is 5.14. The van der Waals surface area contributed by atoms with Crippen LogP contribution in [0, 0.1) is 0 Å². The Morgan fingerprint density at radius 3 is 2.31 bits per heavy atom. The summed E-state index contributed by atoms with van der Waals surface area (Å²) in [7, 11) is 1.61. The Bertz CT molecular complexity index is 860. The van der Waals surface area contributed by atoms with Crippen LogP contribution in [0.3, 0.4) is 0 Å². The van der Waals surface area contributed by atoms with Gasteiger partial charge >= 0.3 is 5.97 Å². The Labute approximate surface area is 153 Å². The van der Waals surface area contributed by atoms with Gasteiger partial charge in [-0.05, 0) is 41.0 Å². The van der Waals surface area contributed by atoms with Gasteiger partial charge in [-0.3, -0.25) is 0 Å². The van der Waals surface area contributed by atoms with Crippen molar-refractivity contribution >= 4 is 11.7 Å². The number of carboxylic acid groups (broad SMARTS) is 1. The minimum absolute atomic E-state index is 0.384. The number of hydrogen-bond donors (Lipinski definition) is 2. The van der Waals surface area contributed by atoms with Crippen molar-refractivity contribution in [1.29, 1.82) is 0 Å². The van der Waals surface area contributed by atoms with Crippen LogP contribution in [-0.2, 0) is 11.2 Å². The molecule has 0 heterocycles. The fourth-order valence-electron chi connectivity index (χ4n) is 2.82. The van der Waals surface area contributed by atoms with E-state index in [1.54, 1.807) is 7.11 Å². The lowest BCUT2D eigenvalue weighted by Crippen LogP contribution is -2.31. The summed E-state index contributed by atoms with van der Waals surface area (Å²) in [6.07, 6.45) is 0.384. The van der Waals surface area contributed by atoms with Crippen LogP contribution in [0.1, 0.15) is 5.56 Å². The number of anilines is 1. The highest BCUT2D eigenvalue weighted by Crippen LogP contribution is 2.23. The number of nitrogens with one attached hydrogen (secondary N) is 1. The van der Waals surface area contributed by atoms with Crippen LogP contribution in [0.25, 0.3) is 11.1 Å². The van der Waals surface area contributed by atoms with Crippen molar-refractivity contribution in [1.82, 2.24) is 0 Å². The van der Waals surface area contributed by atoms with Crippen LogP contribution in [0.15, 0.2) is 78.9 Å². The molecule has 0 saturated carbocycles. The van der Waals surface area contributed by atoms with Gasteiger partial charge in [-0.25, -0.2) is 4.79 Å². The van der Waals surface area contributed by atoms with Gasteiger partial charge in [0, 0.05) is 12.1 Å². The smallest absolute Gasteiger partial charge is 0.326 e. The number of benzene rings is 3. The van der Waals surface area contributed by atoms with E-state index in [2.05, 4.69) is 5.32 Å². The SMILES string of the molecule is COc1ccc(C[C@H](Nc2cccc(-c3ccccc3)c2)C(=O)O)cc1. The van der Waals surface area contributed by atoms with Crippen molar-refractivity contribution in [2.75, 3.05) is 12.4 Å². The lowest BCUT2D eigenvalue weighted by atomic mass is 10.0. The zero-order valence-electron chi connectivity index (χ0n) is 14.6. The quantitative estimate of drug-likeness (QED) is 0.662. The third kappa shape index (κ3) is 4.42. The molecule has 0 aliphatic rings. The van der Waals surface area contributed by atoms with Crippen molar-refractivity contribution in [3.05, 3.63) is 84.4 Å². The summed E-state index contributed by atoms with van der Waals surface area (Å²) in [6.45, 7) is 0. The topological polar surface area (TPSA) is 58.6 Å². The van der Waals surface area contributed by atoms with E-state index < -0.39 is 12.0 Å². The maximum Gasteiger partial charge on any atom is 0.326 e. The molecule has 0 saturated heterocycles. The number of aliphatic carboxylic acids is 1. The molecule has 3 aromatic carbocycles. The average Bonchev–Trinajstić information content (AvgIpc) is 2.69. The third-order valence-electron chi connectivity index (χ3n) is 4.21. The predicted octanol–water partition coefficient (Wildman–Crippen LogP) is 4.47. The molecule has 0 aliphatic carbocycles. The van der Waals surface area contributed by atoms with Gasteiger partial charge < -0.3 is 15.2 Å². The van der Waals surface area contributed by atoms with E-state index in [1.165, 1.54) is 0 Å². The molecule has 3 aromatic rings. The van der Waals surface area contributed by atoms with E-state index in [4.69, 9.17) is 4.74 Å². The Morgan fingerprint density at radius 2 is 1.65 bits per heavy atom. The van der Waals surface area contributed by atoms with Crippen LogP contribution < -0.4 is 10.1 Å². The molecular weight excluding hydrogens is 326 g/mol. The van der Waals surface area contributed by atoms with Crippen molar-refractivity contribution in [3.8, 4) is 16.9 Å². The second-order valence-corrected chi connectivity index (χ2v) is 6.03. The highest BCUT2D eigenvalue weighted by molar-refractivity contribution is 5.78. The fourth-order valence-corrected chi connectivity index (χ4v) is 2.82. The second kappa shape index (κ2) is 8.21. The summed E-state index contributed by atoms with van der Waals surface area (Å²) in [5.41, 5.74) is 3.86. The van der Waals surface area contributed by atoms with E-state index in [0.29, 0.717) is 6.42 Å². The predicted molar refractivity (Wildman–Crippen MR) is 104 cm³/mol. The third-order valence-corrected chi connectivity index (χ3v) is 4.21. The molecule has 1 atom stereocenters. The van der Waals surface area contributed by atoms with Gasteiger partial charge in [0.05, 0.1) is 7.11 Å². The Morgan fingerprint density at radius 1 is 0.962 bits per heavy atom. The molecule has 0 radical (unpaired) electrons. The van der Waals surface area contributed by atoms with Gasteiger partial charge in [0.25, 0.3) is 0 Å². The van der Waals surface area contributed by atoms with Crippen molar-refractivity contribution in [2.45, 2.75) is 12.5 Å². The highest BCUT2D eigenvalue weighted by Gasteiger charge is 2.18. The van der Waals surface area contributed by atoms with Crippen molar-refractivity contribution in [2.24, 2.45) is 0 Å². The molecular formula is C22H21NO3. The van der Waals surface area contributed by atoms with Crippen LogP contribution >= 0.6 is 0 Å². The van der Waals surface area contributed by atoms with Gasteiger partial charge in [0.2, 0.25) is 0 Å². The standard InChI is InChI=1S/C22H21NO3/c1-26-20-12-10-16(11-13-20)14-21(22(24)25)23-19-9-5-8-18(15-19)17-6-3-2-4-7-17/h2-13,15,21,23H,14H2,1H3,(H,24,25)/t21-/m0/s1. The summed E-state index contributed by atoms with van der Waals surface area (Å²) in [5, 5.41) is 12.7. The highest BCUT2D eigenvalue weighted by atomic mass is 16.5. The molecule has 0 amide bonds. The average molecular weight is 347 g/mol. The molecule has 26 heavy (non-hydrogen) atoms. The summed E-state index contributed by atoms with van der Waals surface area (Å²) in [5.74, 6) is -0.130. The number of methoxy groups -OCH3 is 1. The maximum absolute atomic E-state index is 11.7. The normalized spacial score (nSPS) is 11.6. The Hall–Kier alpha value is -3.27. The zero-order valence-corrected chi connectivity index (χ0v) is 14.6. The van der Waals surface area contributed by atoms with E-state index in [1.807, 2.05) is 78.9 Å². The number of ether oxygens (including phenoxy) is 1. The van der Waals surface area contributed by atoms with Crippen molar-refractivity contribution < 1.29 is 14.6 Å². The summed E-state index contributed by atoms with van der Waals surface area (Å²) in [4.78, 5) is 11.7. The molecule has 4 nitrogen and oxygen atoms in total. The molecule has 132 valence electrons. The number of carbonyl (C=O) groups is 1. The minimum Gasteiger partial charge on any atom is -0.497 e. The van der Waals surface area contributed by atoms with Crippen molar-refractivity contribution in [3.63, 3.8) is 0 Å². The second-order valence-electron chi connectivity index (χ2n) is 6.03. The number of hydrogen-bond acceptors (Lipinski definition) is 3. The van der Waals surface area contributed by atoms with E-state index >= 15 is 0 Å². The lowest BCUT2D eigenvalue weighted by molar-refractivity contribution is -0.137. The molecule has 2 N–H and O–H groups in total. The van der Waals surface area contributed by atoms with Gasteiger partial charge in [-0.15, -0.1) is 0 Å². The van der Waals surface area contributed by atoms with Crippen LogP contribution in [0.4, 0.5) is 5.69 Å². The molecule has 3 rings (SSSR count). The molecule has 0 aromatic heterocycles. The molecule has 0 spiro atoms. The summed E-state index contributed by atoms with van der Waals surface area (Å²) in [6, 6.07) is 24.5. The minimum atomic E-state index is -0.883. The molecule has 0 unspecified atom stereocenters. The first-order valence-electron chi connectivity index (χ1n) is 8.43. The number of carboxylic acids is 1. The van der Waals surface area contributed by atoms with Crippen LogP contribution in [-0.4, -0.2) is 24.2 Å². The molecule has 4 heteroatoms. The molecule has 0 fully saturated rings. The van der Waals surface area contributed by atoms with E-state index in [0.717, 1.165) is 28.1 Å². The van der Waals surface area contributed by atoms with Gasteiger partial charge in [-0.2, -0.15) is 0 Å². The fraction of sp³-hybridized carbons (Fsp3) is 0.136. The lowest BCUT2D eigenvalue weighted by Gasteiger charge is -2.17. The largest absolute Gasteiger partial charge is 0.497 e. The Kier molecular flexibility index (Phi) is 5.54. The zero-order chi connectivity index (χ0) is 18.4. The first-order chi connectivity index (χ1) is 12.7. The van der Waals surface area contributed by atoms with Crippen LogP contribution in [0.5, 0.6) is 5.75 Å². The first kappa shape index (κ1) is 17.5. The monoisotopic (exact) mass is 347 g/mol. The molecule has 0 aliphatic heterocycles. The summed E-state index contributed by atoms with van der Waals surface area (Å²) >= 11 is 0. The maximum atomic E-state index is 11.7. The molecule has 0 bridgehead atoms. The Balaban J connectivity index is 1.76. The van der Waals surface area contributed by atoms with Gasteiger partial charge in [-0.1, -0.05) is 54.6 Å². The van der Waals surface area contributed by atoms with Gasteiger partial charge in [0.1, 0.15) is 11.8 Å². The number of rotatable bonds is 7.